The van der Waals surface area contributed by atoms with Crippen molar-refractivity contribution < 1.29 is 28.5 Å². The Kier molecular flexibility index (Phi) is 6.57. The van der Waals surface area contributed by atoms with E-state index in [1.807, 2.05) is 6.92 Å². The van der Waals surface area contributed by atoms with Gasteiger partial charge in [0.25, 0.3) is 0 Å². The van der Waals surface area contributed by atoms with Crippen LogP contribution in [0.2, 0.25) is 0 Å². The summed E-state index contributed by atoms with van der Waals surface area (Å²) in [6.07, 6.45) is 5.22. The van der Waals surface area contributed by atoms with Gasteiger partial charge >= 0.3 is 5.97 Å². The first-order chi connectivity index (χ1) is 13.4. The molecule has 1 amide bonds. The Hall–Kier alpha value is -2.12. The molecule has 1 spiro atoms. The van der Waals surface area contributed by atoms with E-state index < -0.39 is 17.2 Å². The first kappa shape index (κ1) is 20.6. The van der Waals surface area contributed by atoms with Gasteiger partial charge in [0, 0.05) is 18.5 Å². The smallest absolute Gasteiger partial charge is 0.344 e. The van der Waals surface area contributed by atoms with Crippen LogP contribution in [0.1, 0.15) is 46.0 Å². The van der Waals surface area contributed by atoms with Crippen molar-refractivity contribution >= 4 is 17.6 Å². The number of ether oxygens (including phenoxy) is 4. The second-order valence-electron chi connectivity index (χ2n) is 7.68. The molecule has 2 aliphatic rings. The fraction of sp³-hybridized carbons (Fsp3) is 0.619. The molecule has 0 aromatic heterocycles. The number of carbonyl (C=O) groups is 2. The van der Waals surface area contributed by atoms with Crippen molar-refractivity contribution in [2.24, 2.45) is 5.41 Å². The Morgan fingerprint density at radius 2 is 1.71 bits per heavy atom. The molecule has 0 radical (unpaired) electrons. The molecule has 7 nitrogen and oxygen atoms in total. The highest BCUT2D eigenvalue weighted by Crippen LogP contribution is 2.39. The fourth-order valence-electron chi connectivity index (χ4n) is 3.44. The lowest BCUT2D eigenvalue weighted by atomic mass is 9.87. The lowest BCUT2D eigenvalue weighted by molar-refractivity contribution is -0.306. The molecule has 0 atom stereocenters. The molecule has 1 aromatic carbocycles. The van der Waals surface area contributed by atoms with Gasteiger partial charge in [-0.05, 0) is 51.0 Å². The summed E-state index contributed by atoms with van der Waals surface area (Å²) in [5.74, 6) is -0.518. The van der Waals surface area contributed by atoms with E-state index in [2.05, 4.69) is 5.32 Å². The number of hydrogen-bond acceptors (Lipinski definition) is 6. The summed E-state index contributed by atoms with van der Waals surface area (Å²) < 4.78 is 22.2. The second-order valence-corrected chi connectivity index (χ2v) is 7.68. The summed E-state index contributed by atoms with van der Waals surface area (Å²) in [4.78, 5) is 24.1. The zero-order chi connectivity index (χ0) is 20.0. The average molecular weight is 391 g/mol. The van der Waals surface area contributed by atoms with Crippen LogP contribution in [0.15, 0.2) is 24.3 Å². The van der Waals surface area contributed by atoms with Gasteiger partial charge in [0.15, 0.2) is 12.4 Å². The van der Waals surface area contributed by atoms with Crippen LogP contribution in [-0.4, -0.2) is 44.1 Å². The lowest BCUT2D eigenvalue weighted by Gasteiger charge is -2.45. The highest BCUT2D eigenvalue weighted by molar-refractivity contribution is 5.95. The Labute approximate surface area is 165 Å². The van der Waals surface area contributed by atoms with E-state index in [0.717, 1.165) is 25.7 Å². The highest BCUT2D eigenvalue weighted by Gasteiger charge is 2.46. The topological polar surface area (TPSA) is 83.1 Å². The van der Waals surface area contributed by atoms with E-state index in [-0.39, 0.29) is 12.5 Å². The number of benzene rings is 1. The van der Waals surface area contributed by atoms with Gasteiger partial charge in [0.2, 0.25) is 5.91 Å². The predicted molar refractivity (Wildman–Crippen MR) is 103 cm³/mol. The maximum Gasteiger partial charge on any atom is 0.344 e. The van der Waals surface area contributed by atoms with Gasteiger partial charge in [0.05, 0.1) is 25.2 Å². The molecule has 1 N–H and O–H groups in total. The summed E-state index contributed by atoms with van der Waals surface area (Å²) in [7, 11) is 0. The molecule has 154 valence electrons. The van der Waals surface area contributed by atoms with Crippen LogP contribution in [0.3, 0.4) is 0 Å². The monoisotopic (exact) mass is 391 g/mol. The van der Waals surface area contributed by atoms with Gasteiger partial charge in [-0.15, -0.1) is 0 Å². The molecule has 1 aliphatic carbocycles. The number of rotatable bonds is 6. The summed E-state index contributed by atoms with van der Waals surface area (Å²) in [5.41, 5.74) is -0.0884. The minimum Gasteiger partial charge on any atom is -0.482 e. The minimum absolute atomic E-state index is 0.140. The van der Waals surface area contributed by atoms with Crippen LogP contribution in [0.4, 0.5) is 5.69 Å². The molecule has 7 heteroatoms. The Balaban J connectivity index is 1.50. The van der Waals surface area contributed by atoms with Crippen LogP contribution < -0.4 is 10.1 Å². The third-order valence-electron chi connectivity index (χ3n) is 5.25. The Morgan fingerprint density at radius 3 is 2.32 bits per heavy atom. The van der Waals surface area contributed by atoms with E-state index in [1.165, 1.54) is 6.42 Å². The lowest BCUT2D eigenvalue weighted by Crippen LogP contribution is -2.53. The number of hydrogen-bond donors (Lipinski definition) is 1. The van der Waals surface area contributed by atoms with Crippen LogP contribution in [0.25, 0.3) is 0 Å². The molecule has 1 heterocycles. The summed E-state index contributed by atoms with van der Waals surface area (Å²) in [6, 6.07) is 6.86. The molecule has 0 bridgehead atoms. The molecule has 1 aromatic rings. The molecule has 1 aliphatic heterocycles. The minimum atomic E-state index is -0.734. The quantitative estimate of drug-likeness (QED) is 0.750. The Bertz CT molecular complexity index is 671. The zero-order valence-electron chi connectivity index (χ0n) is 16.6. The maximum absolute atomic E-state index is 12.8. The van der Waals surface area contributed by atoms with Gasteiger partial charge < -0.3 is 24.3 Å². The second kappa shape index (κ2) is 8.92. The van der Waals surface area contributed by atoms with E-state index in [0.29, 0.717) is 31.3 Å². The average Bonchev–Trinajstić information content (AvgIpc) is 2.71. The molecular formula is C21H29NO6. The van der Waals surface area contributed by atoms with Gasteiger partial charge in [0.1, 0.15) is 5.75 Å². The molecule has 1 saturated carbocycles. The standard InChI is InChI=1S/C21H29NO6/c1-3-25-18(23)13-26-17-9-7-16(8-10-17)22-19(24)20(2)14-27-21(28-15-20)11-5-4-6-12-21/h7-10H,3-6,11-15H2,1-2H3,(H,22,24). The number of esters is 1. The summed E-state index contributed by atoms with van der Waals surface area (Å²) >= 11 is 0. The molecular weight excluding hydrogens is 362 g/mol. The number of amides is 1. The SMILES string of the molecule is CCOC(=O)COc1ccc(NC(=O)C2(C)COC3(CCCCC3)OC2)cc1. The van der Waals surface area contributed by atoms with Crippen molar-refractivity contribution in [3.8, 4) is 5.75 Å². The summed E-state index contributed by atoms with van der Waals surface area (Å²) in [6.45, 7) is 4.47. The third-order valence-corrected chi connectivity index (χ3v) is 5.25. The highest BCUT2D eigenvalue weighted by atomic mass is 16.7. The van der Waals surface area contributed by atoms with Crippen LogP contribution in [0, 0.1) is 5.41 Å². The largest absolute Gasteiger partial charge is 0.482 e. The third kappa shape index (κ3) is 5.02. The number of anilines is 1. The summed E-state index contributed by atoms with van der Waals surface area (Å²) in [5, 5.41) is 2.91. The zero-order valence-corrected chi connectivity index (χ0v) is 16.6. The normalized spacial score (nSPS) is 20.4. The molecule has 1 saturated heterocycles. The van der Waals surface area contributed by atoms with E-state index in [4.69, 9.17) is 18.9 Å². The maximum atomic E-state index is 12.8. The number of carbonyl (C=O) groups excluding carboxylic acids is 2. The van der Waals surface area contributed by atoms with Crippen molar-refractivity contribution in [2.45, 2.75) is 51.7 Å². The fourth-order valence-corrected chi connectivity index (χ4v) is 3.44. The Morgan fingerprint density at radius 1 is 1.07 bits per heavy atom. The van der Waals surface area contributed by atoms with Crippen LogP contribution >= 0.6 is 0 Å². The van der Waals surface area contributed by atoms with Gasteiger partial charge in [-0.2, -0.15) is 0 Å². The van der Waals surface area contributed by atoms with Crippen molar-refractivity contribution in [3.63, 3.8) is 0 Å². The van der Waals surface area contributed by atoms with E-state index in [1.54, 1.807) is 31.2 Å². The molecule has 3 rings (SSSR count). The molecule has 2 fully saturated rings. The van der Waals surface area contributed by atoms with Crippen LogP contribution in [0.5, 0.6) is 5.75 Å². The van der Waals surface area contributed by atoms with Crippen LogP contribution in [-0.2, 0) is 23.8 Å². The van der Waals surface area contributed by atoms with E-state index in [9.17, 15) is 9.59 Å². The van der Waals surface area contributed by atoms with E-state index >= 15 is 0 Å². The predicted octanol–water partition coefficient (Wildman–Crippen LogP) is 3.28. The molecule has 28 heavy (non-hydrogen) atoms. The van der Waals surface area contributed by atoms with Gasteiger partial charge in [-0.25, -0.2) is 4.79 Å². The van der Waals surface area contributed by atoms with Crippen molar-refractivity contribution in [3.05, 3.63) is 24.3 Å². The van der Waals surface area contributed by atoms with Gasteiger partial charge in [-0.1, -0.05) is 6.42 Å². The first-order valence-corrected chi connectivity index (χ1v) is 9.93. The van der Waals surface area contributed by atoms with Crippen molar-refractivity contribution in [1.82, 2.24) is 0 Å². The number of nitrogens with one attached hydrogen (secondary N) is 1. The van der Waals surface area contributed by atoms with Crippen molar-refractivity contribution in [1.29, 1.82) is 0 Å². The van der Waals surface area contributed by atoms with Gasteiger partial charge in [-0.3, -0.25) is 4.79 Å². The van der Waals surface area contributed by atoms with Crippen molar-refractivity contribution in [2.75, 3.05) is 31.7 Å². The molecule has 0 unspecified atom stereocenters. The first-order valence-electron chi connectivity index (χ1n) is 9.93.